The minimum atomic E-state index is -0.367. The number of benzene rings is 1. The van der Waals surface area contributed by atoms with Crippen LogP contribution in [0.4, 0.5) is 5.69 Å². The van der Waals surface area contributed by atoms with E-state index in [0.29, 0.717) is 18.1 Å². The number of hydrogen-bond acceptors (Lipinski definition) is 4. The van der Waals surface area contributed by atoms with Crippen LogP contribution in [0.15, 0.2) is 18.2 Å². The predicted octanol–water partition coefficient (Wildman–Crippen LogP) is 3.10. The molecule has 1 aromatic carbocycles. The fourth-order valence-electron chi connectivity index (χ4n) is 3.71. The predicted molar refractivity (Wildman–Crippen MR) is 107 cm³/mol. The highest BCUT2D eigenvalue weighted by molar-refractivity contribution is 7.99. The maximum Gasteiger partial charge on any atom is 0.244 e. The van der Waals surface area contributed by atoms with E-state index in [0.717, 1.165) is 30.5 Å². The van der Waals surface area contributed by atoms with E-state index >= 15 is 0 Å². The number of nitrogens with zero attached hydrogens (tertiary/aromatic N) is 1. The molecule has 1 aliphatic carbocycles. The number of nitrogen functional groups attached to an aromatic ring is 1. The van der Waals surface area contributed by atoms with Gasteiger partial charge in [0.1, 0.15) is 6.04 Å². The first-order chi connectivity index (χ1) is 12.2. The number of thioether (sulfide) groups is 1. The molecule has 3 rings (SSSR count). The van der Waals surface area contributed by atoms with Gasteiger partial charge in [0.2, 0.25) is 11.8 Å². The van der Waals surface area contributed by atoms with E-state index in [1.807, 2.05) is 39.0 Å². The van der Waals surface area contributed by atoms with Gasteiger partial charge in [-0.05, 0) is 47.9 Å². The summed E-state index contributed by atoms with van der Waals surface area (Å²) in [5.41, 5.74) is 8.97. The molecule has 1 aliphatic heterocycles. The third-order valence-corrected chi connectivity index (χ3v) is 6.00. The summed E-state index contributed by atoms with van der Waals surface area (Å²) >= 11 is 1.65. The average molecular weight is 376 g/mol. The molecule has 0 aromatic heterocycles. The Balaban J connectivity index is 1.69. The van der Waals surface area contributed by atoms with E-state index in [2.05, 4.69) is 5.32 Å². The van der Waals surface area contributed by atoms with Gasteiger partial charge in [-0.2, -0.15) is 0 Å². The lowest BCUT2D eigenvalue weighted by atomic mass is 9.87. The highest BCUT2D eigenvalue weighted by Crippen LogP contribution is 2.32. The van der Waals surface area contributed by atoms with Gasteiger partial charge in [0.25, 0.3) is 0 Å². The Hall–Kier alpha value is -1.69. The second-order valence-electron chi connectivity index (χ2n) is 8.53. The molecule has 0 bridgehead atoms. The monoisotopic (exact) mass is 375 g/mol. The van der Waals surface area contributed by atoms with Gasteiger partial charge in [-0.3, -0.25) is 9.59 Å². The molecule has 6 heteroatoms. The van der Waals surface area contributed by atoms with Crippen LogP contribution in [0, 0.1) is 5.41 Å². The molecule has 3 N–H and O–H groups in total. The maximum atomic E-state index is 12.9. The molecule has 2 unspecified atom stereocenters. The average Bonchev–Trinajstić information content (AvgIpc) is 3.03. The number of hydrogen-bond donors (Lipinski definition) is 2. The Kier molecular flexibility index (Phi) is 5.51. The van der Waals surface area contributed by atoms with Crippen molar-refractivity contribution in [2.45, 2.75) is 58.5 Å². The van der Waals surface area contributed by atoms with E-state index in [1.165, 1.54) is 5.56 Å². The number of aryl methyl sites for hydroxylation is 1. The molecule has 5 nitrogen and oxygen atoms in total. The molecule has 2 amide bonds. The zero-order chi connectivity index (χ0) is 18.9. The summed E-state index contributed by atoms with van der Waals surface area (Å²) in [6, 6.07) is 5.58. The van der Waals surface area contributed by atoms with E-state index in [1.54, 1.807) is 16.7 Å². The van der Waals surface area contributed by atoms with Crippen molar-refractivity contribution < 1.29 is 9.59 Å². The molecular weight excluding hydrogens is 346 g/mol. The van der Waals surface area contributed by atoms with Crippen molar-refractivity contribution in [3.63, 3.8) is 0 Å². The van der Waals surface area contributed by atoms with Crippen molar-refractivity contribution in [1.82, 2.24) is 10.2 Å². The van der Waals surface area contributed by atoms with Gasteiger partial charge in [0.15, 0.2) is 0 Å². The Morgan fingerprint density at radius 1 is 1.35 bits per heavy atom. The highest BCUT2D eigenvalue weighted by atomic mass is 32.2. The fraction of sp³-hybridized carbons (Fsp3) is 0.600. The summed E-state index contributed by atoms with van der Waals surface area (Å²) in [6.07, 6.45) is 3.43. The molecule has 1 aromatic rings. The smallest absolute Gasteiger partial charge is 0.244 e. The van der Waals surface area contributed by atoms with Gasteiger partial charge in [-0.15, -0.1) is 11.8 Å². The van der Waals surface area contributed by atoms with E-state index in [-0.39, 0.29) is 29.3 Å². The van der Waals surface area contributed by atoms with Gasteiger partial charge >= 0.3 is 0 Å². The number of anilines is 1. The molecule has 0 spiro atoms. The molecule has 0 saturated carbocycles. The largest absolute Gasteiger partial charge is 0.399 e. The van der Waals surface area contributed by atoms with Crippen molar-refractivity contribution in [1.29, 1.82) is 0 Å². The van der Waals surface area contributed by atoms with E-state index in [9.17, 15) is 9.59 Å². The summed E-state index contributed by atoms with van der Waals surface area (Å²) < 4.78 is 0. The summed E-state index contributed by atoms with van der Waals surface area (Å²) in [5.74, 6) is 1.31. The topological polar surface area (TPSA) is 75.4 Å². The third kappa shape index (κ3) is 4.34. The number of amides is 2. The SMILES string of the molecule is CC(C)(C)CC(=O)N1CSCC1C(=O)NC1CCCc2cc(N)ccc21. The number of carbonyl (C=O) groups is 2. The van der Waals surface area contributed by atoms with Gasteiger partial charge in [0, 0.05) is 17.9 Å². The van der Waals surface area contributed by atoms with E-state index < -0.39 is 0 Å². The molecule has 1 fully saturated rings. The summed E-state index contributed by atoms with van der Waals surface area (Å²) in [5, 5.41) is 3.20. The first kappa shape index (κ1) is 19.1. The van der Waals surface area contributed by atoms with Crippen LogP contribution in [-0.4, -0.2) is 34.4 Å². The van der Waals surface area contributed by atoms with Crippen LogP contribution in [0.1, 0.15) is 57.2 Å². The molecule has 2 atom stereocenters. The Morgan fingerprint density at radius 3 is 2.85 bits per heavy atom. The van der Waals surface area contributed by atoms with Crippen LogP contribution < -0.4 is 11.1 Å². The lowest BCUT2D eigenvalue weighted by Crippen LogP contribution is -2.49. The molecule has 1 saturated heterocycles. The molecule has 2 aliphatic rings. The number of carbonyl (C=O) groups excluding carboxylic acids is 2. The second-order valence-corrected chi connectivity index (χ2v) is 9.53. The van der Waals surface area contributed by atoms with Crippen LogP contribution in [0.2, 0.25) is 0 Å². The lowest BCUT2D eigenvalue weighted by Gasteiger charge is -2.30. The van der Waals surface area contributed by atoms with Crippen molar-refractivity contribution in [2.75, 3.05) is 17.4 Å². The van der Waals surface area contributed by atoms with Crippen LogP contribution in [0.25, 0.3) is 0 Å². The Bertz CT molecular complexity index is 699. The van der Waals surface area contributed by atoms with Crippen LogP contribution in [0.5, 0.6) is 0 Å². The zero-order valence-corrected chi connectivity index (χ0v) is 16.7. The normalized spacial score (nSPS) is 22.8. The summed E-state index contributed by atoms with van der Waals surface area (Å²) in [7, 11) is 0. The van der Waals surface area contributed by atoms with Gasteiger partial charge in [-0.1, -0.05) is 26.8 Å². The zero-order valence-electron chi connectivity index (χ0n) is 15.9. The summed E-state index contributed by atoms with van der Waals surface area (Å²) in [4.78, 5) is 27.3. The first-order valence-corrected chi connectivity index (χ1v) is 10.5. The highest BCUT2D eigenvalue weighted by Gasteiger charge is 2.37. The molecule has 0 radical (unpaired) electrons. The quantitative estimate of drug-likeness (QED) is 0.796. The first-order valence-electron chi connectivity index (χ1n) is 9.30. The minimum absolute atomic E-state index is 0.0111. The Morgan fingerprint density at radius 2 is 2.12 bits per heavy atom. The standard InChI is InChI=1S/C20H29N3O2S/c1-20(2,3)10-18(24)23-12-26-11-17(23)19(25)22-16-6-4-5-13-9-14(21)7-8-15(13)16/h7-9,16-17H,4-6,10-12,21H2,1-3H3,(H,22,25). The second kappa shape index (κ2) is 7.51. The van der Waals surface area contributed by atoms with Gasteiger partial charge in [-0.25, -0.2) is 0 Å². The number of rotatable bonds is 3. The summed E-state index contributed by atoms with van der Waals surface area (Å²) in [6.45, 7) is 6.15. The molecule has 26 heavy (non-hydrogen) atoms. The fourth-order valence-corrected chi connectivity index (χ4v) is 4.89. The van der Waals surface area contributed by atoms with Crippen molar-refractivity contribution in [3.8, 4) is 0 Å². The van der Waals surface area contributed by atoms with Crippen molar-refractivity contribution in [2.24, 2.45) is 5.41 Å². The van der Waals surface area contributed by atoms with Crippen molar-refractivity contribution in [3.05, 3.63) is 29.3 Å². The van der Waals surface area contributed by atoms with Gasteiger partial charge < -0.3 is 16.0 Å². The molecular formula is C20H29N3O2S. The van der Waals surface area contributed by atoms with Crippen molar-refractivity contribution >= 4 is 29.3 Å². The number of nitrogens with one attached hydrogen (secondary N) is 1. The van der Waals surface area contributed by atoms with Gasteiger partial charge in [0.05, 0.1) is 11.9 Å². The van der Waals surface area contributed by atoms with Crippen LogP contribution >= 0.6 is 11.8 Å². The maximum absolute atomic E-state index is 12.9. The minimum Gasteiger partial charge on any atom is -0.399 e. The number of nitrogens with two attached hydrogens (primary N) is 1. The Labute approximate surface area is 160 Å². The molecule has 142 valence electrons. The molecule has 1 heterocycles. The van der Waals surface area contributed by atoms with E-state index in [4.69, 9.17) is 5.73 Å². The number of fused-ring (bicyclic) bond motifs is 1. The van der Waals surface area contributed by atoms with Crippen LogP contribution in [0.3, 0.4) is 0 Å². The van der Waals surface area contributed by atoms with Crippen LogP contribution in [-0.2, 0) is 16.0 Å². The third-order valence-electron chi connectivity index (χ3n) is 4.98. The lowest BCUT2D eigenvalue weighted by molar-refractivity contribution is -0.139.